The van der Waals surface area contributed by atoms with Crippen molar-refractivity contribution >= 4 is 23.2 Å². The Morgan fingerprint density at radius 2 is 1.63 bits per heavy atom. The summed E-state index contributed by atoms with van der Waals surface area (Å²) in [5.74, 6) is 1.26. The van der Waals surface area contributed by atoms with Crippen molar-refractivity contribution in [2.24, 2.45) is 0 Å². The number of para-hydroxylation sites is 1. The molecule has 0 saturated carbocycles. The molecule has 0 aliphatic heterocycles. The highest BCUT2D eigenvalue weighted by Gasteiger charge is 2.08. The number of halogens is 1. The average Bonchev–Trinajstić information content (AvgIpc) is 2.42. The van der Waals surface area contributed by atoms with E-state index in [1.807, 2.05) is 30.3 Å². The zero-order valence-corrected chi connectivity index (χ0v) is 11.2. The van der Waals surface area contributed by atoms with Gasteiger partial charge in [0.25, 0.3) is 0 Å². The highest BCUT2D eigenvalue weighted by atomic mass is 35.5. The molecular weight excluding hydrogens is 262 g/mol. The zero-order chi connectivity index (χ0) is 13.7. The average molecular weight is 276 g/mol. The highest BCUT2D eigenvalue weighted by Crippen LogP contribution is 2.22. The summed E-state index contributed by atoms with van der Waals surface area (Å²) in [6.45, 7) is 1.63. The van der Waals surface area contributed by atoms with Crippen molar-refractivity contribution in [2.45, 2.75) is 12.3 Å². The molecule has 1 amide bonds. The Hall–Kier alpha value is -2.00. The molecule has 19 heavy (non-hydrogen) atoms. The number of hydrogen-bond acceptors (Lipinski definition) is 2. The van der Waals surface area contributed by atoms with Gasteiger partial charge in [0, 0.05) is 5.69 Å². The summed E-state index contributed by atoms with van der Waals surface area (Å²) < 4.78 is 5.65. The Bertz CT molecular complexity index is 538. The molecule has 98 valence electrons. The summed E-state index contributed by atoms with van der Waals surface area (Å²) in [4.78, 5) is 11.4. The van der Waals surface area contributed by atoms with Crippen LogP contribution in [0.3, 0.4) is 0 Å². The van der Waals surface area contributed by atoms with E-state index >= 15 is 0 Å². The molecule has 0 aliphatic rings. The van der Waals surface area contributed by atoms with E-state index < -0.39 is 5.38 Å². The summed E-state index contributed by atoms with van der Waals surface area (Å²) in [5, 5.41) is 2.15. The molecule has 1 N–H and O–H groups in total. The molecule has 0 spiro atoms. The molecule has 2 aromatic carbocycles. The molecule has 0 radical (unpaired) electrons. The van der Waals surface area contributed by atoms with Gasteiger partial charge in [-0.2, -0.15) is 0 Å². The molecule has 1 atom stereocenters. The van der Waals surface area contributed by atoms with Crippen molar-refractivity contribution in [1.29, 1.82) is 0 Å². The minimum atomic E-state index is -0.555. The molecule has 2 rings (SSSR count). The van der Waals surface area contributed by atoms with Crippen LogP contribution in [0.15, 0.2) is 54.6 Å². The molecular formula is C15H14ClNO2. The second-order valence-corrected chi connectivity index (χ2v) is 4.70. The third kappa shape index (κ3) is 4.00. The van der Waals surface area contributed by atoms with Crippen LogP contribution in [0.4, 0.5) is 5.69 Å². The number of anilines is 1. The van der Waals surface area contributed by atoms with Gasteiger partial charge in [0.2, 0.25) is 5.91 Å². The maximum Gasteiger partial charge on any atom is 0.242 e. The fraction of sp³-hybridized carbons (Fsp3) is 0.133. The lowest BCUT2D eigenvalue weighted by molar-refractivity contribution is -0.115. The lowest BCUT2D eigenvalue weighted by atomic mass is 10.3. The first-order valence-corrected chi connectivity index (χ1v) is 6.37. The molecule has 1 unspecified atom stereocenters. The number of carbonyl (C=O) groups excluding carboxylic acids is 1. The maximum atomic E-state index is 11.4. The summed E-state index contributed by atoms with van der Waals surface area (Å²) in [5.41, 5.74) is 0.693. The Balaban J connectivity index is 2.01. The van der Waals surface area contributed by atoms with Gasteiger partial charge < -0.3 is 10.1 Å². The van der Waals surface area contributed by atoms with Crippen LogP contribution in [0.5, 0.6) is 11.5 Å². The lowest BCUT2D eigenvalue weighted by Crippen LogP contribution is -2.20. The first-order chi connectivity index (χ1) is 9.15. The SMILES string of the molecule is CC(Cl)C(=O)Nc1ccc(Oc2ccccc2)cc1. The highest BCUT2D eigenvalue weighted by molar-refractivity contribution is 6.32. The first kappa shape index (κ1) is 13.4. The van der Waals surface area contributed by atoms with Crippen molar-refractivity contribution in [3.05, 3.63) is 54.6 Å². The van der Waals surface area contributed by atoms with E-state index in [0.717, 1.165) is 5.75 Å². The predicted molar refractivity (Wildman–Crippen MR) is 76.9 cm³/mol. The Kier molecular flexibility index (Phi) is 4.42. The van der Waals surface area contributed by atoms with Crippen LogP contribution >= 0.6 is 11.6 Å². The molecule has 0 fully saturated rings. The fourth-order valence-corrected chi connectivity index (χ4v) is 1.53. The van der Waals surface area contributed by atoms with E-state index in [0.29, 0.717) is 11.4 Å². The van der Waals surface area contributed by atoms with E-state index in [-0.39, 0.29) is 5.91 Å². The normalized spacial score (nSPS) is 11.7. The van der Waals surface area contributed by atoms with E-state index in [1.54, 1.807) is 31.2 Å². The molecule has 0 saturated heterocycles. The molecule has 0 aliphatic carbocycles. The lowest BCUT2D eigenvalue weighted by Gasteiger charge is -2.08. The van der Waals surface area contributed by atoms with E-state index in [4.69, 9.17) is 16.3 Å². The minimum absolute atomic E-state index is 0.224. The van der Waals surface area contributed by atoms with Crippen molar-refractivity contribution < 1.29 is 9.53 Å². The van der Waals surface area contributed by atoms with Gasteiger partial charge in [-0.3, -0.25) is 4.79 Å². The molecule has 4 heteroatoms. The smallest absolute Gasteiger partial charge is 0.242 e. The van der Waals surface area contributed by atoms with E-state index in [2.05, 4.69) is 5.32 Å². The number of amides is 1. The minimum Gasteiger partial charge on any atom is -0.457 e. The Labute approximate surface area is 117 Å². The summed E-state index contributed by atoms with van der Waals surface area (Å²) >= 11 is 5.68. The van der Waals surface area contributed by atoms with E-state index in [1.165, 1.54) is 0 Å². The number of rotatable bonds is 4. The van der Waals surface area contributed by atoms with Crippen LogP contribution in [-0.4, -0.2) is 11.3 Å². The number of benzene rings is 2. The van der Waals surface area contributed by atoms with Gasteiger partial charge in [-0.15, -0.1) is 11.6 Å². The van der Waals surface area contributed by atoms with Gasteiger partial charge >= 0.3 is 0 Å². The van der Waals surface area contributed by atoms with Gasteiger partial charge in [0.15, 0.2) is 0 Å². The predicted octanol–water partition coefficient (Wildman–Crippen LogP) is 4.04. The van der Waals surface area contributed by atoms with Gasteiger partial charge in [-0.25, -0.2) is 0 Å². The zero-order valence-electron chi connectivity index (χ0n) is 10.5. The van der Waals surface area contributed by atoms with Crippen LogP contribution in [-0.2, 0) is 4.79 Å². The second kappa shape index (κ2) is 6.25. The number of nitrogens with one attached hydrogen (secondary N) is 1. The Morgan fingerprint density at radius 1 is 1.05 bits per heavy atom. The van der Waals surface area contributed by atoms with Crippen LogP contribution in [0.2, 0.25) is 0 Å². The summed E-state index contributed by atoms with van der Waals surface area (Å²) in [6.07, 6.45) is 0. The summed E-state index contributed by atoms with van der Waals surface area (Å²) in [6, 6.07) is 16.6. The topological polar surface area (TPSA) is 38.3 Å². The van der Waals surface area contributed by atoms with Gasteiger partial charge in [-0.05, 0) is 43.3 Å². The number of ether oxygens (including phenoxy) is 1. The van der Waals surface area contributed by atoms with Crippen LogP contribution < -0.4 is 10.1 Å². The molecule has 3 nitrogen and oxygen atoms in total. The number of carbonyl (C=O) groups is 1. The second-order valence-electron chi connectivity index (χ2n) is 4.04. The van der Waals surface area contributed by atoms with Crippen LogP contribution in [0, 0.1) is 0 Å². The van der Waals surface area contributed by atoms with Crippen LogP contribution in [0.1, 0.15) is 6.92 Å². The number of alkyl halides is 1. The fourth-order valence-electron chi connectivity index (χ4n) is 1.47. The van der Waals surface area contributed by atoms with Crippen molar-refractivity contribution in [1.82, 2.24) is 0 Å². The molecule has 0 bridgehead atoms. The van der Waals surface area contributed by atoms with Gasteiger partial charge in [0.1, 0.15) is 16.9 Å². The first-order valence-electron chi connectivity index (χ1n) is 5.93. The molecule has 0 aromatic heterocycles. The van der Waals surface area contributed by atoms with Crippen LogP contribution in [0.25, 0.3) is 0 Å². The maximum absolute atomic E-state index is 11.4. The quantitative estimate of drug-likeness (QED) is 0.855. The van der Waals surface area contributed by atoms with Gasteiger partial charge in [-0.1, -0.05) is 18.2 Å². The third-order valence-electron chi connectivity index (χ3n) is 2.46. The molecule has 2 aromatic rings. The standard InChI is InChI=1S/C15H14ClNO2/c1-11(16)15(18)17-12-7-9-14(10-8-12)19-13-5-3-2-4-6-13/h2-11H,1H3,(H,17,18). The molecule has 0 heterocycles. The summed E-state index contributed by atoms with van der Waals surface area (Å²) in [7, 11) is 0. The van der Waals surface area contributed by atoms with E-state index in [9.17, 15) is 4.79 Å². The van der Waals surface area contributed by atoms with Crippen molar-refractivity contribution in [3.63, 3.8) is 0 Å². The third-order valence-corrected chi connectivity index (χ3v) is 2.66. The monoisotopic (exact) mass is 275 g/mol. The van der Waals surface area contributed by atoms with Crippen molar-refractivity contribution in [2.75, 3.05) is 5.32 Å². The number of hydrogen-bond donors (Lipinski definition) is 1. The largest absolute Gasteiger partial charge is 0.457 e. The van der Waals surface area contributed by atoms with Crippen molar-refractivity contribution in [3.8, 4) is 11.5 Å². The Morgan fingerprint density at radius 3 is 2.21 bits per heavy atom. The van der Waals surface area contributed by atoms with Gasteiger partial charge in [0.05, 0.1) is 0 Å².